The van der Waals surface area contributed by atoms with Gasteiger partial charge in [-0.2, -0.15) is 10.2 Å². The van der Waals surface area contributed by atoms with Gasteiger partial charge >= 0.3 is 11.9 Å². The Morgan fingerprint density at radius 1 is 0.658 bits per heavy atom. The Morgan fingerprint density at radius 2 is 1.11 bits per heavy atom. The first-order valence-corrected chi connectivity index (χ1v) is 26.0. The highest BCUT2D eigenvalue weighted by Crippen LogP contribution is 2.32. The molecule has 0 fully saturated rings. The molecule has 0 radical (unpaired) electrons. The second kappa shape index (κ2) is 24.8. The Bertz CT molecular complexity index is 3150. The number of hydrogen-bond donors (Lipinski definition) is 4. The molecule has 18 nitrogen and oxygen atoms in total. The summed E-state index contributed by atoms with van der Waals surface area (Å²) in [4.78, 5) is 51.8. The standard InChI is InChI=1S/C26H31N7O2S.C16H18N6.C10H14BrNO2S/c1-16-11-17(20-9-10-28-25(32-20)30-19-13-29-33(5)15-19)7-8-18(16)12-27-14-21-22(23(34)35-6)36-24(31-21)26(2,3)4;1-11-7-12(3-4-13(11)8-17)15-5-6-18-16(21-15)20-14-9-19-22(2)10-14;1-10(2,3)9-12-6(5-11)7(15-9)8(13)14-4/h7-11,13,15,27H,12,14H2,1-6H3,(H,28,30,32);3-7,9-10H,8,17H2,1-2H3,(H,18,20,21);5H2,1-4H3. The van der Waals surface area contributed by atoms with Gasteiger partial charge in [0.15, 0.2) is 0 Å². The van der Waals surface area contributed by atoms with Crippen molar-refractivity contribution < 1.29 is 19.1 Å². The van der Waals surface area contributed by atoms with Crippen LogP contribution >= 0.6 is 38.6 Å². The van der Waals surface area contributed by atoms with E-state index in [0.717, 1.165) is 72.0 Å². The number of carbonyl (C=O) groups is 2. The third-order valence-electron chi connectivity index (χ3n) is 10.9. The fourth-order valence-corrected chi connectivity index (χ4v) is 9.61. The lowest BCUT2D eigenvalue weighted by atomic mass is 9.98. The SMILES string of the molecule is COC(=O)c1sc(C(C)(C)C)nc1CBr.COC(=O)c1sc(C(C)(C)C)nc1CNCc1ccc(-c2ccnc(Nc3cnn(C)c3)n2)cc1C.Cc1cc(-c2ccnc(Nc3cnn(C)c3)n2)ccc1CN. The van der Waals surface area contributed by atoms with E-state index in [2.05, 4.69) is 147 Å². The van der Waals surface area contributed by atoms with Gasteiger partial charge in [-0.3, -0.25) is 9.36 Å². The number of aromatic nitrogens is 10. The molecule has 8 aromatic rings. The topological polar surface area (TPSA) is 228 Å². The number of nitrogens with one attached hydrogen (secondary N) is 3. The molecule has 0 amide bonds. The average Bonchev–Trinajstić information content (AvgIpc) is 4.19. The lowest BCUT2D eigenvalue weighted by molar-refractivity contribution is 0.0595. The molecule has 0 spiro atoms. The monoisotopic (exact) mass is 1090 g/mol. The molecule has 0 aliphatic carbocycles. The molecule has 73 heavy (non-hydrogen) atoms. The molecule has 0 bridgehead atoms. The van der Waals surface area contributed by atoms with Crippen LogP contribution in [0, 0.1) is 13.8 Å². The molecule has 21 heteroatoms. The third-order valence-corrected chi connectivity index (χ3v) is 14.4. The number of anilines is 4. The molecule has 0 aliphatic rings. The van der Waals surface area contributed by atoms with Crippen LogP contribution in [0.1, 0.15) is 105 Å². The summed E-state index contributed by atoms with van der Waals surface area (Å²) >= 11 is 6.13. The van der Waals surface area contributed by atoms with Gasteiger partial charge in [0.2, 0.25) is 11.9 Å². The zero-order chi connectivity index (χ0) is 53.0. The molecule has 5 N–H and O–H groups in total. The number of esters is 2. The largest absolute Gasteiger partial charge is 0.465 e. The van der Waals surface area contributed by atoms with Crippen molar-refractivity contribution in [3.63, 3.8) is 0 Å². The second-order valence-corrected chi connectivity index (χ2v) is 21.4. The van der Waals surface area contributed by atoms with Gasteiger partial charge in [-0.25, -0.2) is 39.5 Å². The highest BCUT2D eigenvalue weighted by atomic mass is 79.9. The average molecular weight is 1090 g/mol. The minimum absolute atomic E-state index is 0.0339. The molecule has 384 valence electrons. The normalized spacial score (nSPS) is 11.3. The summed E-state index contributed by atoms with van der Waals surface area (Å²) in [6, 6.07) is 16.2. The lowest BCUT2D eigenvalue weighted by Gasteiger charge is -2.13. The van der Waals surface area contributed by atoms with E-state index in [-0.39, 0.29) is 22.8 Å². The number of carbonyl (C=O) groups excluding carboxylic acids is 2. The third kappa shape index (κ3) is 15.1. The fourth-order valence-electron chi connectivity index (χ4n) is 6.90. The van der Waals surface area contributed by atoms with Crippen molar-refractivity contribution in [1.29, 1.82) is 0 Å². The molecule has 2 aromatic carbocycles. The number of rotatable bonds is 14. The van der Waals surface area contributed by atoms with E-state index in [9.17, 15) is 9.59 Å². The Hall–Kier alpha value is -6.78. The lowest BCUT2D eigenvalue weighted by Crippen LogP contribution is -2.17. The molecular weight excluding hydrogens is 1030 g/mol. The molecule has 0 atom stereocenters. The number of alkyl halides is 1. The fraction of sp³-hybridized carbons (Fsp3) is 0.346. The van der Waals surface area contributed by atoms with E-state index < -0.39 is 0 Å². The number of nitrogens with two attached hydrogens (primary N) is 1. The van der Waals surface area contributed by atoms with Crippen LogP contribution < -0.4 is 21.7 Å². The van der Waals surface area contributed by atoms with Gasteiger partial charge in [0.1, 0.15) is 9.75 Å². The molecule has 8 rings (SSSR count). The summed E-state index contributed by atoms with van der Waals surface area (Å²) in [6.07, 6.45) is 10.7. The highest BCUT2D eigenvalue weighted by molar-refractivity contribution is 9.08. The predicted molar refractivity (Wildman–Crippen MR) is 293 cm³/mol. The maximum absolute atomic E-state index is 12.3. The van der Waals surface area contributed by atoms with Crippen molar-refractivity contribution >= 4 is 73.8 Å². The number of nitrogens with zero attached hydrogens (tertiary/aromatic N) is 10. The Kier molecular flexibility index (Phi) is 18.8. The van der Waals surface area contributed by atoms with Crippen molar-refractivity contribution in [3.8, 4) is 22.5 Å². The Balaban J connectivity index is 0.000000199. The first kappa shape index (κ1) is 55.5. The van der Waals surface area contributed by atoms with E-state index in [1.54, 1.807) is 34.2 Å². The van der Waals surface area contributed by atoms with Gasteiger partial charge in [-0.1, -0.05) is 81.7 Å². The van der Waals surface area contributed by atoms with Gasteiger partial charge in [0.25, 0.3) is 0 Å². The van der Waals surface area contributed by atoms with Crippen molar-refractivity contribution in [2.45, 2.75) is 91.2 Å². The minimum Gasteiger partial charge on any atom is -0.465 e. The van der Waals surface area contributed by atoms with Gasteiger partial charge < -0.3 is 31.2 Å². The molecule has 0 unspecified atom stereocenters. The minimum atomic E-state index is -0.345. The van der Waals surface area contributed by atoms with Crippen LogP contribution in [0.15, 0.2) is 85.7 Å². The number of benzene rings is 2. The first-order chi connectivity index (χ1) is 34.7. The number of hydrogen-bond acceptors (Lipinski definition) is 18. The van der Waals surface area contributed by atoms with Crippen LogP contribution in [0.4, 0.5) is 23.3 Å². The zero-order valence-corrected chi connectivity index (χ0v) is 46.5. The summed E-state index contributed by atoms with van der Waals surface area (Å²) in [5.74, 6) is 0.411. The second-order valence-electron chi connectivity index (χ2n) is 18.9. The van der Waals surface area contributed by atoms with Gasteiger partial charge in [0.05, 0.1) is 70.8 Å². The quantitative estimate of drug-likeness (QED) is 0.0586. The Labute approximate surface area is 442 Å². The number of thiazole rings is 2. The van der Waals surface area contributed by atoms with E-state index in [1.165, 1.54) is 42.5 Å². The van der Waals surface area contributed by atoms with Crippen molar-refractivity contribution in [1.82, 2.24) is 54.8 Å². The summed E-state index contributed by atoms with van der Waals surface area (Å²) in [6.45, 7) is 18.3. The van der Waals surface area contributed by atoms with Crippen LogP contribution in [-0.2, 0) is 59.4 Å². The van der Waals surface area contributed by atoms with Crippen LogP contribution in [-0.4, -0.2) is 75.6 Å². The summed E-state index contributed by atoms with van der Waals surface area (Å²) in [5.41, 5.74) is 17.1. The smallest absolute Gasteiger partial charge is 0.350 e. The summed E-state index contributed by atoms with van der Waals surface area (Å²) < 4.78 is 13.1. The van der Waals surface area contributed by atoms with E-state index in [1.807, 2.05) is 50.8 Å². The van der Waals surface area contributed by atoms with Crippen molar-refractivity contribution in [3.05, 3.63) is 139 Å². The van der Waals surface area contributed by atoms with Gasteiger partial charge in [-0.15, -0.1) is 22.7 Å². The highest BCUT2D eigenvalue weighted by Gasteiger charge is 2.26. The van der Waals surface area contributed by atoms with Crippen LogP contribution in [0.3, 0.4) is 0 Å². The van der Waals surface area contributed by atoms with Crippen LogP contribution in [0.5, 0.6) is 0 Å². The molecule has 0 saturated carbocycles. The van der Waals surface area contributed by atoms with Crippen molar-refractivity contribution in [2.75, 3.05) is 24.9 Å². The molecule has 6 aromatic heterocycles. The molecule has 0 aliphatic heterocycles. The van der Waals surface area contributed by atoms with Crippen LogP contribution in [0.2, 0.25) is 0 Å². The van der Waals surface area contributed by atoms with Gasteiger partial charge in [0, 0.05) is 85.8 Å². The maximum atomic E-state index is 12.3. The predicted octanol–water partition coefficient (Wildman–Crippen LogP) is 10.3. The molecular formula is C52H63BrN14O4S2. The van der Waals surface area contributed by atoms with E-state index in [4.69, 9.17) is 20.2 Å². The zero-order valence-electron chi connectivity index (χ0n) is 43.3. The van der Waals surface area contributed by atoms with Gasteiger partial charge in [-0.05, 0) is 60.4 Å². The Morgan fingerprint density at radius 3 is 1.51 bits per heavy atom. The number of ether oxygens (including phenoxy) is 2. The van der Waals surface area contributed by atoms with Crippen LogP contribution in [0.25, 0.3) is 22.5 Å². The molecule has 6 heterocycles. The molecule has 0 saturated heterocycles. The number of aryl methyl sites for hydroxylation is 4. The maximum Gasteiger partial charge on any atom is 0.350 e. The van der Waals surface area contributed by atoms with E-state index >= 15 is 0 Å². The number of methoxy groups -OCH3 is 2. The van der Waals surface area contributed by atoms with Crippen molar-refractivity contribution in [2.24, 2.45) is 19.8 Å². The summed E-state index contributed by atoms with van der Waals surface area (Å²) in [5, 5.41) is 20.5. The van der Waals surface area contributed by atoms with E-state index in [0.29, 0.717) is 46.6 Å². The first-order valence-electron chi connectivity index (χ1n) is 23.2. The summed E-state index contributed by atoms with van der Waals surface area (Å²) in [7, 11) is 6.51. The number of halogens is 1.